The minimum absolute atomic E-state index is 0.139. The Morgan fingerprint density at radius 3 is 2.38 bits per heavy atom. The van der Waals surface area contributed by atoms with Crippen LogP contribution >= 0.6 is 23.2 Å². The number of rotatable bonds is 5. The molecule has 0 saturated carbocycles. The van der Waals surface area contributed by atoms with Gasteiger partial charge in [-0.2, -0.15) is 0 Å². The Hall–Kier alpha value is -2.56. The fourth-order valence-electron chi connectivity index (χ4n) is 2.34. The molecule has 0 aliphatic carbocycles. The van der Waals surface area contributed by atoms with Gasteiger partial charge in [0.25, 0.3) is 0 Å². The first-order valence-electron chi connectivity index (χ1n) is 7.77. The van der Waals surface area contributed by atoms with Crippen molar-refractivity contribution in [3.63, 3.8) is 0 Å². The van der Waals surface area contributed by atoms with E-state index in [0.29, 0.717) is 22.2 Å². The molecule has 0 unspecified atom stereocenters. The molecular weight excluding hydrogens is 376 g/mol. The summed E-state index contributed by atoms with van der Waals surface area (Å²) in [6, 6.07) is 18.2. The first-order chi connectivity index (χ1) is 12.5. The summed E-state index contributed by atoms with van der Waals surface area (Å²) in [5.74, 6) is 0.130. The Labute approximate surface area is 160 Å². The van der Waals surface area contributed by atoms with E-state index in [4.69, 9.17) is 27.9 Å². The Morgan fingerprint density at radius 2 is 1.65 bits per heavy atom. The van der Waals surface area contributed by atoms with Crippen molar-refractivity contribution in [2.45, 2.75) is 6.42 Å². The van der Waals surface area contributed by atoms with Crippen molar-refractivity contribution < 1.29 is 13.9 Å². The maximum absolute atomic E-state index is 13.9. The number of hydrogen-bond acceptors (Lipinski definition) is 2. The van der Waals surface area contributed by atoms with Crippen LogP contribution in [0.5, 0.6) is 11.5 Å². The van der Waals surface area contributed by atoms with Crippen LogP contribution in [0.4, 0.5) is 10.1 Å². The molecule has 0 saturated heterocycles. The molecule has 1 amide bonds. The van der Waals surface area contributed by atoms with Gasteiger partial charge in [0.2, 0.25) is 5.91 Å². The molecule has 0 bridgehead atoms. The van der Waals surface area contributed by atoms with Gasteiger partial charge < -0.3 is 10.1 Å². The quantitative estimate of drug-likeness (QED) is 0.571. The van der Waals surface area contributed by atoms with Gasteiger partial charge in [-0.15, -0.1) is 0 Å². The average molecular weight is 390 g/mol. The largest absolute Gasteiger partial charge is 0.455 e. The van der Waals surface area contributed by atoms with Crippen molar-refractivity contribution in [1.82, 2.24) is 0 Å². The molecule has 0 aliphatic heterocycles. The number of amides is 1. The maximum atomic E-state index is 13.9. The van der Waals surface area contributed by atoms with Crippen molar-refractivity contribution in [2.75, 3.05) is 5.32 Å². The third kappa shape index (κ3) is 4.75. The Bertz CT molecular complexity index is 932. The van der Waals surface area contributed by atoms with Gasteiger partial charge in [-0.1, -0.05) is 47.5 Å². The van der Waals surface area contributed by atoms with Crippen LogP contribution in [-0.4, -0.2) is 5.91 Å². The summed E-state index contributed by atoms with van der Waals surface area (Å²) in [6.45, 7) is 0. The van der Waals surface area contributed by atoms with Crippen LogP contribution in [0.2, 0.25) is 10.0 Å². The molecule has 3 aromatic rings. The number of para-hydroxylation sites is 1. The zero-order chi connectivity index (χ0) is 18.5. The lowest BCUT2D eigenvalue weighted by molar-refractivity contribution is -0.115. The fourth-order valence-corrected chi connectivity index (χ4v) is 2.67. The van der Waals surface area contributed by atoms with Crippen LogP contribution in [0, 0.1) is 5.82 Å². The van der Waals surface area contributed by atoms with E-state index >= 15 is 0 Å². The SMILES string of the molecule is O=C(Cc1ccc(Cl)cc1F)Nc1cc(Cl)ccc1Oc1ccccc1. The number of carbonyl (C=O) groups is 1. The van der Waals surface area contributed by atoms with Crippen LogP contribution in [0.1, 0.15) is 5.56 Å². The molecule has 0 aliphatic rings. The summed E-state index contributed by atoms with van der Waals surface area (Å²) in [7, 11) is 0. The minimum atomic E-state index is -0.528. The number of anilines is 1. The maximum Gasteiger partial charge on any atom is 0.229 e. The summed E-state index contributed by atoms with van der Waals surface area (Å²) in [5, 5.41) is 3.43. The second-order valence-electron chi connectivity index (χ2n) is 5.52. The van der Waals surface area contributed by atoms with Crippen molar-refractivity contribution in [2.24, 2.45) is 0 Å². The van der Waals surface area contributed by atoms with Crippen molar-refractivity contribution in [3.05, 3.63) is 88.2 Å². The second kappa shape index (κ2) is 8.21. The molecule has 132 valence electrons. The van der Waals surface area contributed by atoms with Gasteiger partial charge in [0, 0.05) is 10.0 Å². The summed E-state index contributed by atoms with van der Waals surface area (Å²) in [5.41, 5.74) is 0.653. The highest BCUT2D eigenvalue weighted by Gasteiger charge is 2.13. The van der Waals surface area contributed by atoms with Gasteiger partial charge in [0.15, 0.2) is 5.75 Å². The monoisotopic (exact) mass is 389 g/mol. The van der Waals surface area contributed by atoms with Crippen LogP contribution in [0.3, 0.4) is 0 Å². The van der Waals surface area contributed by atoms with E-state index in [1.807, 2.05) is 18.2 Å². The predicted molar refractivity (Wildman–Crippen MR) is 102 cm³/mol. The van der Waals surface area contributed by atoms with Crippen molar-refractivity contribution in [1.29, 1.82) is 0 Å². The van der Waals surface area contributed by atoms with Crippen LogP contribution in [-0.2, 0) is 11.2 Å². The van der Waals surface area contributed by atoms with Gasteiger partial charge in [-0.3, -0.25) is 4.79 Å². The topological polar surface area (TPSA) is 38.3 Å². The molecule has 3 aromatic carbocycles. The number of carbonyl (C=O) groups excluding carboxylic acids is 1. The van der Waals surface area contributed by atoms with Crippen LogP contribution < -0.4 is 10.1 Å². The van der Waals surface area contributed by atoms with E-state index < -0.39 is 11.7 Å². The van der Waals surface area contributed by atoms with Crippen LogP contribution in [0.25, 0.3) is 0 Å². The van der Waals surface area contributed by atoms with Gasteiger partial charge >= 0.3 is 0 Å². The fraction of sp³-hybridized carbons (Fsp3) is 0.0500. The number of hydrogen-bond donors (Lipinski definition) is 1. The predicted octanol–water partition coefficient (Wildman–Crippen LogP) is 6.11. The standard InChI is InChI=1S/C20H14Cl2FNO2/c21-14-7-6-13(17(23)11-14)10-20(25)24-18-12-15(22)8-9-19(18)26-16-4-2-1-3-5-16/h1-9,11-12H,10H2,(H,24,25). The van der Waals surface area contributed by atoms with E-state index in [9.17, 15) is 9.18 Å². The molecule has 3 rings (SSSR count). The van der Waals surface area contributed by atoms with Gasteiger partial charge in [-0.25, -0.2) is 4.39 Å². The van der Waals surface area contributed by atoms with Gasteiger partial charge in [0.05, 0.1) is 12.1 Å². The smallest absolute Gasteiger partial charge is 0.229 e. The van der Waals surface area contributed by atoms with Gasteiger partial charge in [-0.05, 0) is 48.0 Å². The molecule has 0 heterocycles. The molecule has 0 aromatic heterocycles. The van der Waals surface area contributed by atoms with E-state index in [-0.39, 0.29) is 17.0 Å². The molecule has 0 radical (unpaired) electrons. The summed E-state index contributed by atoms with van der Waals surface area (Å²) in [6.07, 6.45) is -0.139. The lowest BCUT2D eigenvalue weighted by Crippen LogP contribution is -2.15. The third-order valence-electron chi connectivity index (χ3n) is 3.55. The molecule has 0 atom stereocenters. The van der Waals surface area contributed by atoms with E-state index in [1.54, 1.807) is 30.3 Å². The Kier molecular flexibility index (Phi) is 5.76. The lowest BCUT2D eigenvalue weighted by atomic mass is 10.1. The highest BCUT2D eigenvalue weighted by molar-refractivity contribution is 6.31. The molecule has 0 spiro atoms. The molecule has 6 heteroatoms. The first kappa shape index (κ1) is 18.2. The second-order valence-corrected chi connectivity index (χ2v) is 6.39. The average Bonchev–Trinajstić information content (AvgIpc) is 2.61. The number of benzene rings is 3. The van der Waals surface area contributed by atoms with E-state index in [2.05, 4.69) is 5.32 Å². The normalized spacial score (nSPS) is 10.4. The number of nitrogens with one attached hydrogen (secondary N) is 1. The van der Waals surface area contributed by atoms with Crippen LogP contribution in [0.15, 0.2) is 66.7 Å². The van der Waals surface area contributed by atoms with E-state index in [0.717, 1.165) is 0 Å². The summed E-state index contributed by atoms with van der Waals surface area (Å²) in [4.78, 5) is 12.3. The Balaban J connectivity index is 1.78. The third-order valence-corrected chi connectivity index (χ3v) is 4.02. The number of halogens is 3. The zero-order valence-electron chi connectivity index (χ0n) is 13.5. The Morgan fingerprint density at radius 1 is 0.962 bits per heavy atom. The van der Waals surface area contributed by atoms with Crippen molar-refractivity contribution >= 4 is 34.8 Å². The number of ether oxygens (including phenoxy) is 1. The molecule has 26 heavy (non-hydrogen) atoms. The zero-order valence-corrected chi connectivity index (χ0v) is 15.0. The molecule has 1 N–H and O–H groups in total. The van der Waals surface area contributed by atoms with Gasteiger partial charge in [0.1, 0.15) is 11.6 Å². The van der Waals surface area contributed by atoms with Crippen molar-refractivity contribution in [3.8, 4) is 11.5 Å². The highest BCUT2D eigenvalue weighted by atomic mass is 35.5. The first-order valence-corrected chi connectivity index (χ1v) is 8.53. The summed E-state index contributed by atoms with van der Waals surface area (Å²) < 4.78 is 19.7. The molecular formula is C20H14Cl2FNO2. The summed E-state index contributed by atoms with van der Waals surface area (Å²) >= 11 is 11.8. The minimum Gasteiger partial charge on any atom is -0.455 e. The lowest BCUT2D eigenvalue weighted by Gasteiger charge is -2.13. The molecule has 0 fully saturated rings. The van der Waals surface area contributed by atoms with E-state index in [1.165, 1.54) is 18.2 Å². The molecule has 3 nitrogen and oxygen atoms in total. The highest BCUT2D eigenvalue weighted by Crippen LogP contribution is 2.32.